The van der Waals surface area contributed by atoms with Crippen molar-refractivity contribution in [2.24, 2.45) is 11.0 Å². The molecule has 0 spiro atoms. The van der Waals surface area contributed by atoms with Crippen LogP contribution >= 0.6 is 11.6 Å². The summed E-state index contributed by atoms with van der Waals surface area (Å²) in [7, 11) is 1.57. The summed E-state index contributed by atoms with van der Waals surface area (Å²) >= 11 is 6.13. The third-order valence-electron chi connectivity index (χ3n) is 4.26. The lowest BCUT2D eigenvalue weighted by Gasteiger charge is -2.17. The minimum atomic E-state index is 0.112. The van der Waals surface area contributed by atoms with Crippen LogP contribution < -0.4 is 10.1 Å². The molecule has 0 saturated carbocycles. The van der Waals surface area contributed by atoms with Crippen LogP contribution in [-0.4, -0.2) is 35.4 Å². The molecule has 0 radical (unpaired) electrons. The van der Waals surface area contributed by atoms with Crippen LogP contribution in [-0.2, 0) is 6.54 Å². The number of halogens is 1. The number of hydrogen-bond donors (Lipinski definition) is 3. The van der Waals surface area contributed by atoms with Crippen molar-refractivity contribution in [3.8, 4) is 11.5 Å². The summed E-state index contributed by atoms with van der Waals surface area (Å²) in [6, 6.07) is 12.6. The van der Waals surface area contributed by atoms with Gasteiger partial charge in [-0.1, -0.05) is 36.7 Å². The molecule has 0 aliphatic carbocycles. The molecule has 3 N–H and O–H groups in total. The Morgan fingerprint density at radius 1 is 1.38 bits per heavy atom. The average molecular weight is 373 g/mol. The van der Waals surface area contributed by atoms with Crippen molar-refractivity contribution in [2.75, 3.05) is 13.7 Å². The quantitative estimate of drug-likeness (QED) is 0.567. The molecule has 0 fully saturated rings. The first kappa shape index (κ1) is 18.1. The molecule has 2 aromatic rings. The van der Waals surface area contributed by atoms with Crippen LogP contribution in [0.4, 0.5) is 0 Å². The summed E-state index contributed by atoms with van der Waals surface area (Å²) in [5.41, 5.74) is 2.43. The number of hydrogen-bond acceptors (Lipinski definition) is 4. The summed E-state index contributed by atoms with van der Waals surface area (Å²) in [6.07, 6.45) is 0. The number of ether oxygens (including phenoxy) is 1. The van der Waals surface area contributed by atoms with Crippen LogP contribution in [0, 0.1) is 11.3 Å². The standard InChI is InChI=1S/C19H21ClN4O2/c1-12-11-24(23-18(12)14-5-3-4-6-16(14)25)19(21)22-10-13-7-8-17(26-2)15(20)9-13/h3-9,12,25H,10-11H2,1-2H3,(H2,21,22). The molecule has 0 amide bonds. The largest absolute Gasteiger partial charge is 0.507 e. The van der Waals surface area contributed by atoms with Crippen LogP contribution in [0.25, 0.3) is 0 Å². The fourth-order valence-electron chi connectivity index (χ4n) is 2.86. The van der Waals surface area contributed by atoms with E-state index in [9.17, 15) is 5.11 Å². The van der Waals surface area contributed by atoms with Crippen molar-refractivity contribution in [3.05, 3.63) is 58.6 Å². The van der Waals surface area contributed by atoms with Crippen LogP contribution in [0.2, 0.25) is 5.02 Å². The Morgan fingerprint density at radius 2 is 2.15 bits per heavy atom. The number of para-hydroxylation sites is 1. The summed E-state index contributed by atoms with van der Waals surface area (Å²) < 4.78 is 5.14. The molecule has 1 aliphatic heterocycles. The van der Waals surface area contributed by atoms with E-state index in [-0.39, 0.29) is 17.6 Å². The number of rotatable bonds is 4. The smallest absolute Gasteiger partial charge is 0.212 e. The lowest BCUT2D eigenvalue weighted by Crippen LogP contribution is -2.36. The van der Waals surface area contributed by atoms with E-state index in [2.05, 4.69) is 10.4 Å². The Hall–Kier alpha value is -2.73. The molecule has 3 rings (SSSR count). The van der Waals surface area contributed by atoms with Gasteiger partial charge in [0.15, 0.2) is 0 Å². The third-order valence-corrected chi connectivity index (χ3v) is 4.55. The monoisotopic (exact) mass is 372 g/mol. The fourth-order valence-corrected chi connectivity index (χ4v) is 3.14. The minimum absolute atomic E-state index is 0.112. The van der Waals surface area contributed by atoms with E-state index >= 15 is 0 Å². The molecule has 1 heterocycles. The molecule has 2 aromatic carbocycles. The van der Waals surface area contributed by atoms with E-state index in [1.165, 1.54) is 0 Å². The average Bonchev–Trinajstić information content (AvgIpc) is 3.02. The number of guanidine groups is 1. The van der Waals surface area contributed by atoms with E-state index in [4.69, 9.17) is 21.7 Å². The van der Waals surface area contributed by atoms with Crippen LogP contribution in [0.15, 0.2) is 47.6 Å². The highest BCUT2D eigenvalue weighted by Crippen LogP contribution is 2.26. The third kappa shape index (κ3) is 3.75. The summed E-state index contributed by atoms with van der Waals surface area (Å²) in [4.78, 5) is 0. The lowest BCUT2D eigenvalue weighted by atomic mass is 9.99. The number of benzene rings is 2. The zero-order chi connectivity index (χ0) is 18.7. The molecule has 136 valence electrons. The topological polar surface area (TPSA) is 80.9 Å². The number of nitrogens with one attached hydrogen (secondary N) is 2. The predicted molar refractivity (Wildman–Crippen MR) is 103 cm³/mol. The van der Waals surface area contributed by atoms with Crippen molar-refractivity contribution in [1.29, 1.82) is 5.41 Å². The van der Waals surface area contributed by atoms with Crippen molar-refractivity contribution < 1.29 is 9.84 Å². The van der Waals surface area contributed by atoms with Crippen LogP contribution in [0.5, 0.6) is 11.5 Å². The second kappa shape index (κ2) is 7.66. The van der Waals surface area contributed by atoms with Gasteiger partial charge < -0.3 is 15.2 Å². The molecule has 0 aromatic heterocycles. The zero-order valence-corrected chi connectivity index (χ0v) is 15.4. The first-order valence-corrected chi connectivity index (χ1v) is 8.66. The first-order valence-electron chi connectivity index (χ1n) is 8.29. The molecule has 1 aliphatic rings. The number of methoxy groups -OCH3 is 1. The van der Waals surface area contributed by atoms with Gasteiger partial charge in [0.05, 0.1) is 24.4 Å². The lowest BCUT2D eigenvalue weighted by molar-refractivity contribution is 0.414. The van der Waals surface area contributed by atoms with Crippen LogP contribution in [0.1, 0.15) is 18.1 Å². The Labute approximate surface area is 157 Å². The summed E-state index contributed by atoms with van der Waals surface area (Å²) in [5, 5.41) is 28.0. The van der Waals surface area contributed by atoms with Gasteiger partial charge in [-0.2, -0.15) is 5.10 Å². The summed E-state index contributed by atoms with van der Waals surface area (Å²) in [6.45, 7) is 3.07. The van der Waals surface area contributed by atoms with Gasteiger partial charge >= 0.3 is 0 Å². The normalized spacial score (nSPS) is 16.3. The van der Waals surface area contributed by atoms with Crippen molar-refractivity contribution in [1.82, 2.24) is 10.3 Å². The highest BCUT2D eigenvalue weighted by molar-refractivity contribution is 6.32. The van der Waals surface area contributed by atoms with Gasteiger partial charge in [0, 0.05) is 18.0 Å². The Morgan fingerprint density at radius 3 is 2.85 bits per heavy atom. The van der Waals surface area contributed by atoms with Crippen LogP contribution in [0.3, 0.4) is 0 Å². The fraction of sp³-hybridized carbons (Fsp3) is 0.263. The zero-order valence-electron chi connectivity index (χ0n) is 14.7. The highest BCUT2D eigenvalue weighted by Gasteiger charge is 2.27. The SMILES string of the molecule is COc1ccc(CNC(=N)N2CC(C)C(c3ccccc3O)=N2)cc1Cl. The van der Waals surface area contributed by atoms with Crippen molar-refractivity contribution in [2.45, 2.75) is 13.5 Å². The van der Waals surface area contributed by atoms with Gasteiger partial charge in [-0.25, -0.2) is 5.01 Å². The van der Waals surface area contributed by atoms with E-state index < -0.39 is 0 Å². The molecule has 1 atom stereocenters. The number of phenolic OH excluding ortho intramolecular Hbond substituents is 1. The second-order valence-electron chi connectivity index (χ2n) is 6.16. The molecule has 0 saturated heterocycles. The molecule has 26 heavy (non-hydrogen) atoms. The predicted octanol–water partition coefficient (Wildman–Crippen LogP) is 3.43. The Balaban J connectivity index is 1.67. The van der Waals surface area contributed by atoms with Gasteiger partial charge in [-0.15, -0.1) is 0 Å². The van der Waals surface area contributed by atoms with Crippen molar-refractivity contribution in [3.63, 3.8) is 0 Å². The van der Waals surface area contributed by atoms with E-state index in [0.29, 0.717) is 29.4 Å². The van der Waals surface area contributed by atoms with E-state index in [0.717, 1.165) is 11.3 Å². The Kier molecular flexibility index (Phi) is 5.32. The molecule has 1 unspecified atom stereocenters. The minimum Gasteiger partial charge on any atom is -0.507 e. The molecular weight excluding hydrogens is 352 g/mol. The molecule has 0 bridgehead atoms. The van der Waals surface area contributed by atoms with E-state index in [1.807, 2.05) is 31.2 Å². The van der Waals surface area contributed by atoms with Crippen molar-refractivity contribution >= 4 is 23.3 Å². The molecular formula is C19H21ClN4O2. The Bertz CT molecular complexity index is 853. The first-order chi connectivity index (χ1) is 12.5. The van der Waals surface area contributed by atoms with Gasteiger partial charge in [0.2, 0.25) is 5.96 Å². The van der Waals surface area contributed by atoms with Gasteiger partial charge in [0.1, 0.15) is 11.5 Å². The van der Waals surface area contributed by atoms with Gasteiger partial charge in [-0.05, 0) is 29.8 Å². The number of phenols is 1. The maximum atomic E-state index is 10.0. The number of hydrazone groups is 1. The second-order valence-corrected chi connectivity index (χ2v) is 6.56. The molecule has 6 nitrogen and oxygen atoms in total. The maximum absolute atomic E-state index is 10.0. The highest BCUT2D eigenvalue weighted by atomic mass is 35.5. The van der Waals surface area contributed by atoms with E-state index in [1.54, 1.807) is 30.3 Å². The number of nitrogens with zero attached hydrogens (tertiary/aromatic N) is 2. The number of aromatic hydroxyl groups is 1. The van der Waals surface area contributed by atoms with Gasteiger partial charge in [0.25, 0.3) is 0 Å². The van der Waals surface area contributed by atoms with Gasteiger partial charge in [-0.3, -0.25) is 5.41 Å². The molecule has 7 heteroatoms. The summed E-state index contributed by atoms with van der Waals surface area (Å²) in [5.74, 6) is 1.14. The maximum Gasteiger partial charge on any atom is 0.212 e.